The van der Waals surface area contributed by atoms with Crippen LogP contribution < -0.4 is 5.32 Å². The number of aliphatic hydroxyl groups excluding tert-OH is 5. The second kappa shape index (κ2) is 58.7. The molecule has 0 spiro atoms. The number of hydrogen-bond donors (Lipinski definition) is 6. The summed E-state index contributed by atoms with van der Waals surface area (Å²) in [6.45, 7) is 5.51. The molecule has 0 aliphatic carbocycles. The van der Waals surface area contributed by atoms with Gasteiger partial charge in [0.1, 0.15) is 24.4 Å². The van der Waals surface area contributed by atoms with Crippen LogP contribution in [0, 0.1) is 0 Å². The molecule has 6 N–H and O–H groups in total. The van der Waals surface area contributed by atoms with Gasteiger partial charge >= 0.3 is 5.97 Å². The summed E-state index contributed by atoms with van der Waals surface area (Å²) in [6, 6.07) is -1.06. The van der Waals surface area contributed by atoms with Gasteiger partial charge in [0.25, 0.3) is 0 Å². The van der Waals surface area contributed by atoms with Crippen LogP contribution in [0.4, 0.5) is 0 Å². The molecule has 8 atom stereocenters. The van der Waals surface area contributed by atoms with Gasteiger partial charge in [-0.15, -0.1) is 0 Å². The quantitative estimate of drug-likeness (QED) is 0.0195. The first-order valence-corrected chi connectivity index (χ1v) is 32.8. The number of hydrogen-bond acceptors (Lipinski definition) is 10. The van der Waals surface area contributed by atoms with Crippen LogP contribution in [0.15, 0.2) is 158 Å². The van der Waals surface area contributed by atoms with Crippen LogP contribution in [-0.2, 0) is 23.8 Å². The molecule has 0 aromatic heterocycles. The summed E-state index contributed by atoms with van der Waals surface area (Å²) < 4.78 is 17.6. The van der Waals surface area contributed by atoms with Crippen LogP contribution in [0.25, 0.3) is 0 Å². The van der Waals surface area contributed by atoms with E-state index in [4.69, 9.17) is 14.2 Å². The van der Waals surface area contributed by atoms with E-state index in [1.54, 1.807) is 6.08 Å². The molecule has 11 heteroatoms. The van der Waals surface area contributed by atoms with Crippen molar-refractivity contribution in [3.63, 3.8) is 0 Å². The van der Waals surface area contributed by atoms with Crippen LogP contribution in [0.1, 0.15) is 226 Å². The molecule has 1 rings (SSSR count). The van der Waals surface area contributed by atoms with Gasteiger partial charge in [-0.05, 0) is 128 Å². The molecule has 1 heterocycles. The second-order valence-electron chi connectivity index (χ2n) is 21.7. The van der Waals surface area contributed by atoms with Crippen molar-refractivity contribution in [3.8, 4) is 0 Å². The molecule has 1 amide bonds. The zero-order valence-corrected chi connectivity index (χ0v) is 52.4. The Kier molecular flexibility index (Phi) is 54.0. The fourth-order valence-electron chi connectivity index (χ4n) is 9.07. The van der Waals surface area contributed by atoms with Gasteiger partial charge < -0.3 is 45.1 Å². The fourth-order valence-corrected chi connectivity index (χ4v) is 9.07. The lowest BCUT2D eigenvalue weighted by atomic mass is 9.99. The van der Waals surface area contributed by atoms with Crippen molar-refractivity contribution in [2.45, 2.75) is 275 Å². The fraction of sp³-hybridized carbons (Fsp3) is 0.616. The number of allylic oxidation sites excluding steroid dienone is 25. The average molecular weight is 1170 g/mol. The summed E-state index contributed by atoms with van der Waals surface area (Å²) in [7, 11) is 0. The lowest BCUT2D eigenvalue weighted by molar-refractivity contribution is -0.305. The Labute approximate surface area is 510 Å². The maximum Gasteiger partial charge on any atom is 0.306 e. The third-order valence-corrected chi connectivity index (χ3v) is 14.2. The lowest BCUT2D eigenvalue weighted by Gasteiger charge is -2.41. The SMILES string of the molecule is CC/C=C\C/C=C\C/C=C\C/C=C\C/C=C\C/C=C\CCCCCC(O)C(=O)NC(COC1OC(CO)C(O)C(O)C1OC(=O)CCCC/C=C\C/C=C\C/C=C\C/C=C\C/C=C\C/C=C\CC)C(O)/C=C/CCCCCCCCCCCC. The van der Waals surface area contributed by atoms with Gasteiger partial charge in [0.05, 0.1) is 25.4 Å². The average Bonchev–Trinajstić information content (AvgIpc) is 3.55. The van der Waals surface area contributed by atoms with E-state index in [0.717, 1.165) is 135 Å². The highest BCUT2D eigenvalue weighted by Gasteiger charge is 2.47. The van der Waals surface area contributed by atoms with E-state index in [1.807, 2.05) is 6.08 Å². The summed E-state index contributed by atoms with van der Waals surface area (Å²) in [5.41, 5.74) is 0. The molecule has 0 bridgehead atoms. The number of aliphatic hydroxyl groups is 5. The van der Waals surface area contributed by atoms with Crippen molar-refractivity contribution in [1.82, 2.24) is 5.32 Å². The van der Waals surface area contributed by atoms with Gasteiger partial charge in [0, 0.05) is 6.42 Å². The van der Waals surface area contributed by atoms with Crippen molar-refractivity contribution < 1.29 is 49.3 Å². The molecule has 474 valence electrons. The minimum Gasteiger partial charge on any atom is -0.454 e. The van der Waals surface area contributed by atoms with Gasteiger partial charge in [-0.25, -0.2) is 0 Å². The second-order valence-corrected chi connectivity index (χ2v) is 21.7. The van der Waals surface area contributed by atoms with E-state index in [2.05, 4.69) is 172 Å². The summed E-state index contributed by atoms with van der Waals surface area (Å²) in [5.74, 6) is -1.28. The van der Waals surface area contributed by atoms with Crippen LogP contribution in [0.5, 0.6) is 0 Å². The van der Waals surface area contributed by atoms with Crippen molar-refractivity contribution in [2.24, 2.45) is 0 Å². The van der Waals surface area contributed by atoms with E-state index >= 15 is 0 Å². The smallest absolute Gasteiger partial charge is 0.306 e. The van der Waals surface area contributed by atoms with E-state index in [9.17, 15) is 35.1 Å². The zero-order chi connectivity index (χ0) is 61.0. The molecule has 0 aromatic rings. The molecule has 1 fully saturated rings. The highest BCUT2D eigenvalue weighted by molar-refractivity contribution is 5.80. The zero-order valence-electron chi connectivity index (χ0n) is 52.4. The predicted octanol–water partition coefficient (Wildman–Crippen LogP) is 16.3. The van der Waals surface area contributed by atoms with Crippen molar-refractivity contribution in [1.29, 1.82) is 0 Å². The molecule has 1 saturated heterocycles. The number of unbranched alkanes of at least 4 members (excludes halogenated alkanes) is 15. The summed E-state index contributed by atoms with van der Waals surface area (Å²) in [4.78, 5) is 26.6. The number of carbonyl (C=O) groups is 2. The molecular formula is C73H117NO10. The Bertz CT molecular complexity index is 1970. The molecule has 84 heavy (non-hydrogen) atoms. The van der Waals surface area contributed by atoms with Crippen molar-refractivity contribution >= 4 is 11.9 Å². The largest absolute Gasteiger partial charge is 0.454 e. The normalized spacial score (nSPS) is 19.5. The van der Waals surface area contributed by atoms with Crippen LogP contribution in [-0.4, -0.2) is 99.6 Å². The van der Waals surface area contributed by atoms with Gasteiger partial charge in [-0.2, -0.15) is 0 Å². The van der Waals surface area contributed by atoms with Gasteiger partial charge in [-0.3, -0.25) is 9.59 Å². The molecule has 0 saturated carbocycles. The molecule has 0 radical (unpaired) electrons. The Morgan fingerprint density at radius 2 is 0.857 bits per heavy atom. The minimum absolute atomic E-state index is 0.0553. The summed E-state index contributed by atoms with van der Waals surface area (Å²) in [6.07, 6.45) is 75.6. The highest BCUT2D eigenvalue weighted by atomic mass is 16.7. The number of amides is 1. The van der Waals surface area contributed by atoms with Crippen LogP contribution in [0.2, 0.25) is 0 Å². The third kappa shape index (κ3) is 45.6. The number of esters is 1. The molecule has 8 unspecified atom stereocenters. The van der Waals surface area contributed by atoms with Crippen molar-refractivity contribution in [2.75, 3.05) is 13.2 Å². The summed E-state index contributed by atoms with van der Waals surface area (Å²) in [5, 5.41) is 57.1. The molecule has 0 aromatic carbocycles. The van der Waals surface area contributed by atoms with E-state index < -0.39 is 67.4 Å². The third-order valence-electron chi connectivity index (χ3n) is 14.2. The minimum atomic E-state index is -1.65. The van der Waals surface area contributed by atoms with E-state index in [0.29, 0.717) is 12.8 Å². The number of nitrogens with one attached hydrogen (secondary N) is 1. The number of rotatable bonds is 53. The Morgan fingerprint density at radius 3 is 1.29 bits per heavy atom. The van der Waals surface area contributed by atoms with E-state index in [-0.39, 0.29) is 19.4 Å². The van der Waals surface area contributed by atoms with E-state index in [1.165, 1.54) is 44.9 Å². The first-order valence-electron chi connectivity index (χ1n) is 32.8. The Balaban J connectivity index is 2.71. The topological polar surface area (TPSA) is 175 Å². The first-order chi connectivity index (χ1) is 41.2. The molecular weight excluding hydrogens is 1050 g/mol. The monoisotopic (exact) mass is 1170 g/mol. The van der Waals surface area contributed by atoms with Gasteiger partial charge in [-0.1, -0.05) is 249 Å². The van der Waals surface area contributed by atoms with Gasteiger partial charge in [0.15, 0.2) is 12.4 Å². The molecule has 1 aliphatic heterocycles. The Morgan fingerprint density at radius 1 is 0.476 bits per heavy atom. The maximum atomic E-state index is 13.5. The lowest BCUT2D eigenvalue weighted by Crippen LogP contribution is -2.61. The van der Waals surface area contributed by atoms with Crippen LogP contribution in [0.3, 0.4) is 0 Å². The highest BCUT2D eigenvalue weighted by Crippen LogP contribution is 2.26. The number of ether oxygens (including phenoxy) is 3. The first kappa shape index (κ1) is 77.3. The van der Waals surface area contributed by atoms with Crippen molar-refractivity contribution in [3.05, 3.63) is 158 Å². The Hall–Kier alpha value is -4.72. The standard InChI is InChI=1S/C73H117NO10/c1-4-7-10-13-16-19-22-25-27-29-31-33-35-36-38-40-42-45-48-51-54-57-60-66(77)72(81)74-64(65(76)59-56-53-50-47-44-24-21-18-15-12-9-6-3)63-82-73-71(70(80)69(79)67(62-75)83-73)84-68(78)61-58-55-52-49-46-43-41-39-37-34-32-30-28-26-23-20-17-14-11-8-5-2/h7-8,10-11,16-17,19-20,25-28,31-34,36,38-39,41-42,45-46,49,56,59,64-67,69-71,73,75-77,79-80H,4-6,9,12-15,18,21-24,29-30,35,37,40,43-44,47-48,50-55,57-58,60-63H2,1-3H3,(H,74,81)/b10-7-,11-8-,19-16-,20-17-,27-25-,28-26-,33-31-,34-32-,38-36-,41-39-,45-42-,49-46-,59-56+. The summed E-state index contributed by atoms with van der Waals surface area (Å²) >= 11 is 0. The number of carbonyl (C=O) groups excluding carboxylic acids is 2. The maximum absolute atomic E-state index is 13.5. The van der Waals surface area contributed by atoms with Crippen LogP contribution >= 0.6 is 0 Å². The molecule has 11 nitrogen and oxygen atoms in total. The van der Waals surface area contributed by atoms with Gasteiger partial charge in [0.2, 0.25) is 5.91 Å². The predicted molar refractivity (Wildman–Crippen MR) is 351 cm³/mol. The molecule has 1 aliphatic rings.